The first-order chi connectivity index (χ1) is 20.9. The van der Waals surface area contributed by atoms with Gasteiger partial charge in [-0.05, 0) is 66.8 Å². The van der Waals surface area contributed by atoms with Crippen LogP contribution in [0.1, 0.15) is 50.2 Å². The lowest BCUT2D eigenvalue weighted by molar-refractivity contribution is 0.0733. The maximum absolute atomic E-state index is 14.0. The van der Waals surface area contributed by atoms with Crippen molar-refractivity contribution < 1.29 is 18.7 Å². The zero-order valence-electron chi connectivity index (χ0n) is 24.7. The number of hydrogen-bond donors (Lipinski definition) is 0. The Hall–Kier alpha value is -4.56. The number of methoxy groups -OCH3 is 1. The number of halogens is 1. The van der Waals surface area contributed by atoms with Crippen molar-refractivity contribution in [3.05, 3.63) is 125 Å². The monoisotopic (exact) mass is 580 g/mol. The molecule has 0 radical (unpaired) electrons. The van der Waals surface area contributed by atoms with E-state index < -0.39 is 0 Å². The van der Waals surface area contributed by atoms with Gasteiger partial charge in [0.15, 0.2) is 0 Å². The maximum atomic E-state index is 14.0. The van der Waals surface area contributed by atoms with Crippen LogP contribution in [0, 0.1) is 12.7 Å². The molecular formula is C35H37FN4O3. The quantitative estimate of drug-likeness (QED) is 0.285. The smallest absolute Gasteiger partial charge is 0.258 e. The van der Waals surface area contributed by atoms with Crippen LogP contribution >= 0.6 is 0 Å². The van der Waals surface area contributed by atoms with Crippen molar-refractivity contribution in [1.29, 1.82) is 0 Å². The summed E-state index contributed by atoms with van der Waals surface area (Å²) in [5, 5.41) is 0. The van der Waals surface area contributed by atoms with E-state index in [4.69, 9.17) is 4.74 Å². The predicted octanol–water partition coefficient (Wildman–Crippen LogP) is 6.12. The summed E-state index contributed by atoms with van der Waals surface area (Å²) in [5.74, 6) is -0.336. The van der Waals surface area contributed by atoms with E-state index in [0.717, 1.165) is 49.3 Å². The molecule has 5 rings (SSSR count). The molecular weight excluding hydrogens is 543 g/mol. The first-order valence-electron chi connectivity index (χ1n) is 14.6. The van der Waals surface area contributed by atoms with Crippen LogP contribution in [0.15, 0.2) is 91.1 Å². The summed E-state index contributed by atoms with van der Waals surface area (Å²) in [6.07, 6.45) is 3.12. The molecule has 1 aliphatic rings. The Morgan fingerprint density at radius 3 is 2.33 bits per heavy atom. The summed E-state index contributed by atoms with van der Waals surface area (Å²) in [4.78, 5) is 38.1. The maximum Gasteiger partial charge on any atom is 0.258 e. The van der Waals surface area contributed by atoms with Gasteiger partial charge in [0.25, 0.3) is 11.8 Å². The third-order valence-electron chi connectivity index (χ3n) is 7.77. The molecule has 0 unspecified atom stereocenters. The third-order valence-corrected chi connectivity index (χ3v) is 7.77. The highest BCUT2D eigenvalue weighted by Crippen LogP contribution is 2.30. The molecule has 222 valence electrons. The molecule has 0 fully saturated rings. The van der Waals surface area contributed by atoms with Gasteiger partial charge < -0.3 is 14.5 Å². The fourth-order valence-corrected chi connectivity index (χ4v) is 5.64. The van der Waals surface area contributed by atoms with Crippen molar-refractivity contribution in [1.82, 2.24) is 14.8 Å². The van der Waals surface area contributed by atoms with E-state index in [1.165, 1.54) is 36.9 Å². The molecule has 0 saturated heterocycles. The Balaban J connectivity index is 1.53. The SMILES string of the molecule is COc1cc(C(=O)N2CCCN(Cc3ccccc3)CCCN(C(=O)c3ccc(F)cc3)c3c(C)cccc3C2)ccn1. The first-order valence-corrected chi connectivity index (χ1v) is 14.6. The van der Waals surface area contributed by atoms with Crippen molar-refractivity contribution in [2.45, 2.75) is 32.9 Å². The number of rotatable bonds is 5. The lowest BCUT2D eigenvalue weighted by Crippen LogP contribution is -2.39. The Morgan fingerprint density at radius 2 is 1.58 bits per heavy atom. The van der Waals surface area contributed by atoms with Crippen LogP contribution in [0.4, 0.5) is 10.1 Å². The molecule has 0 atom stereocenters. The number of para-hydroxylation sites is 1. The number of nitrogens with zero attached hydrogens (tertiary/aromatic N) is 4. The second kappa shape index (κ2) is 14.1. The van der Waals surface area contributed by atoms with E-state index in [-0.39, 0.29) is 17.6 Å². The molecule has 1 aliphatic heterocycles. The Morgan fingerprint density at radius 1 is 0.837 bits per heavy atom. The highest BCUT2D eigenvalue weighted by molar-refractivity contribution is 6.07. The number of ether oxygens (including phenoxy) is 1. The zero-order chi connectivity index (χ0) is 30.2. The highest BCUT2D eigenvalue weighted by atomic mass is 19.1. The van der Waals surface area contributed by atoms with Gasteiger partial charge in [-0.25, -0.2) is 9.37 Å². The van der Waals surface area contributed by atoms with Crippen LogP contribution in [-0.2, 0) is 13.1 Å². The summed E-state index contributed by atoms with van der Waals surface area (Å²) in [6.45, 7) is 5.67. The molecule has 0 spiro atoms. The minimum absolute atomic E-state index is 0.128. The van der Waals surface area contributed by atoms with Crippen LogP contribution in [-0.4, -0.2) is 59.9 Å². The zero-order valence-corrected chi connectivity index (χ0v) is 24.7. The van der Waals surface area contributed by atoms with Crippen molar-refractivity contribution in [2.75, 3.05) is 38.2 Å². The van der Waals surface area contributed by atoms with Crippen LogP contribution in [0.2, 0.25) is 0 Å². The summed E-state index contributed by atoms with van der Waals surface area (Å²) in [6, 6.07) is 25.3. The number of pyridine rings is 1. The van der Waals surface area contributed by atoms with Gasteiger partial charge in [-0.1, -0.05) is 48.5 Å². The van der Waals surface area contributed by atoms with Gasteiger partial charge in [-0.3, -0.25) is 14.5 Å². The Bertz CT molecular complexity index is 1540. The molecule has 0 aliphatic carbocycles. The number of aromatic nitrogens is 1. The van der Waals surface area contributed by atoms with Crippen LogP contribution in [0.25, 0.3) is 0 Å². The molecule has 0 saturated carbocycles. The molecule has 4 aromatic rings. The standard InChI is InChI=1S/C35H37FN4O3/c1-26-9-6-12-30-25-39(34(41)29-17-18-37-32(23-29)43-2)21-7-19-38(24-27-10-4-3-5-11-27)20-8-22-40(33(26)30)35(42)28-13-15-31(36)16-14-28/h3-6,9-18,23H,7-8,19-22,24-25H2,1-2H3. The lowest BCUT2D eigenvalue weighted by Gasteiger charge is -2.32. The molecule has 2 heterocycles. The van der Waals surface area contributed by atoms with E-state index in [1.807, 2.05) is 48.2 Å². The molecule has 3 aromatic carbocycles. The second-order valence-electron chi connectivity index (χ2n) is 10.8. The fourth-order valence-electron chi connectivity index (χ4n) is 5.64. The van der Waals surface area contributed by atoms with Crippen molar-refractivity contribution in [3.63, 3.8) is 0 Å². The second-order valence-corrected chi connectivity index (χ2v) is 10.8. The Kier molecular flexibility index (Phi) is 9.79. The normalized spacial score (nSPS) is 14.8. The van der Waals surface area contributed by atoms with Crippen molar-refractivity contribution >= 4 is 17.5 Å². The average molecular weight is 581 g/mol. The van der Waals surface area contributed by atoms with Crippen LogP contribution in [0.3, 0.4) is 0 Å². The molecule has 43 heavy (non-hydrogen) atoms. The highest BCUT2D eigenvalue weighted by Gasteiger charge is 2.26. The van der Waals surface area contributed by atoms with Gasteiger partial charge in [0.1, 0.15) is 5.82 Å². The van der Waals surface area contributed by atoms with Crippen LogP contribution < -0.4 is 9.64 Å². The molecule has 8 heteroatoms. The molecule has 1 aromatic heterocycles. The number of carbonyl (C=O) groups excluding carboxylic acids is 2. The fraction of sp³-hybridized carbons (Fsp3) is 0.286. The van der Waals surface area contributed by atoms with Gasteiger partial charge in [-0.2, -0.15) is 0 Å². The number of aryl methyl sites for hydroxylation is 1. The topological polar surface area (TPSA) is 66.0 Å². The number of fused-ring (bicyclic) bond motifs is 1. The minimum atomic E-state index is -0.389. The molecule has 2 amide bonds. The predicted molar refractivity (Wildman–Crippen MR) is 166 cm³/mol. The number of amides is 2. The van der Waals surface area contributed by atoms with E-state index in [1.54, 1.807) is 23.2 Å². The molecule has 0 bridgehead atoms. The first kappa shape index (κ1) is 29.9. The Labute approximate surface area is 252 Å². The molecule has 0 N–H and O–H groups in total. The minimum Gasteiger partial charge on any atom is -0.481 e. The summed E-state index contributed by atoms with van der Waals surface area (Å²) >= 11 is 0. The van der Waals surface area contributed by atoms with Gasteiger partial charge >= 0.3 is 0 Å². The third kappa shape index (κ3) is 7.45. The number of hydrogen-bond acceptors (Lipinski definition) is 5. The number of anilines is 1. The van der Waals surface area contributed by atoms with Gasteiger partial charge in [-0.15, -0.1) is 0 Å². The summed E-state index contributed by atoms with van der Waals surface area (Å²) in [7, 11) is 1.53. The largest absolute Gasteiger partial charge is 0.481 e. The number of benzene rings is 3. The van der Waals surface area contributed by atoms with E-state index in [9.17, 15) is 14.0 Å². The van der Waals surface area contributed by atoms with Gasteiger partial charge in [0.05, 0.1) is 12.8 Å². The van der Waals surface area contributed by atoms with E-state index >= 15 is 0 Å². The lowest BCUT2D eigenvalue weighted by atomic mass is 10.0. The van der Waals surface area contributed by atoms with Crippen molar-refractivity contribution in [3.8, 4) is 5.88 Å². The van der Waals surface area contributed by atoms with Crippen molar-refractivity contribution in [2.24, 2.45) is 0 Å². The summed E-state index contributed by atoms with van der Waals surface area (Å²) in [5.41, 5.74) is 4.73. The van der Waals surface area contributed by atoms with Crippen LogP contribution in [0.5, 0.6) is 5.88 Å². The van der Waals surface area contributed by atoms with E-state index in [2.05, 4.69) is 22.0 Å². The number of carbonyl (C=O) groups is 2. The van der Waals surface area contributed by atoms with Gasteiger partial charge in [0.2, 0.25) is 5.88 Å². The molecule has 7 nitrogen and oxygen atoms in total. The van der Waals surface area contributed by atoms with Gasteiger partial charge in [0, 0.05) is 62.7 Å². The van der Waals surface area contributed by atoms with E-state index in [0.29, 0.717) is 36.6 Å². The summed E-state index contributed by atoms with van der Waals surface area (Å²) < 4.78 is 19.0. The average Bonchev–Trinajstić information content (AvgIpc) is 3.02.